The van der Waals surface area contributed by atoms with Crippen LogP contribution in [0.25, 0.3) is 0 Å². The van der Waals surface area contributed by atoms with Crippen molar-refractivity contribution < 1.29 is 4.74 Å². The topological polar surface area (TPSA) is 21.3 Å². The third-order valence-corrected chi connectivity index (χ3v) is 5.15. The first-order valence-electron chi connectivity index (χ1n) is 6.11. The third-order valence-electron chi connectivity index (χ3n) is 3.01. The van der Waals surface area contributed by atoms with E-state index in [1.807, 2.05) is 30.8 Å². The summed E-state index contributed by atoms with van der Waals surface area (Å²) < 4.78 is 6.59. The number of benzene rings is 1. The summed E-state index contributed by atoms with van der Waals surface area (Å²) in [5, 5.41) is 4.90. The van der Waals surface area contributed by atoms with Gasteiger partial charge in [-0.25, -0.2) is 0 Å². The molecule has 18 heavy (non-hydrogen) atoms. The standard InChI is InChI=1S/C13H17BrClNOS/c1-3-17-13-10(14)6-9(15)7-12(13)16-11-4-5-18-8(11)2/h6-8,11,16H,3-5H2,1-2H3. The Morgan fingerprint density at radius 1 is 1.56 bits per heavy atom. The van der Waals surface area contributed by atoms with Crippen LogP contribution in [0, 0.1) is 0 Å². The summed E-state index contributed by atoms with van der Waals surface area (Å²) in [7, 11) is 0. The van der Waals surface area contributed by atoms with E-state index < -0.39 is 0 Å². The van der Waals surface area contributed by atoms with Crippen molar-refractivity contribution in [1.29, 1.82) is 0 Å². The second-order valence-corrected chi connectivity index (χ2v) is 7.09. The molecular weight excluding hydrogens is 334 g/mol. The monoisotopic (exact) mass is 349 g/mol. The fourth-order valence-corrected chi connectivity index (χ4v) is 4.20. The molecule has 0 aliphatic carbocycles. The average molecular weight is 351 g/mol. The van der Waals surface area contributed by atoms with Crippen molar-refractivity contribution in [2.45, 2.75) is 31.6 Å². The predicted molar refractivity (Wildman–Crippen MR) is 84.3 cm³/mol. The van der Waals surface area contributed by atoms with E-state index in [4.69, 9.17) is 16.3 Å². The maximum absolute atomic E-state index is 6.11. The quantitative estimate of drug-likeness (QED) is 0.842. The van der Waals surface area contributed by atoms with Gasteiger partial charge in [-0.2, -0.15) is 11.8 Å². The van der Waals surface area contributed by atoms with Gasteiger partial charge in [-0.1, -0.05) is 18.5 Å². The van der Waals surface area contributed by atoms with Crippen LogP contribution >= 0.6 is 39.3 Å². The molecule has 1 aliphatic rings. The van der Waals surface area contributed by atoms with Crippen LogP contribution < -0.4 is 10.1 Å². The highest BCUT2D eigenvalue weighted by atomic mass is 79.9. The van der Waals surface area contributed by atoms with Gasteiger partial charge in [0.2, 0.25) is 0 Å². The Morgan fingerprint density at radius 3 is 2.94 bits per heavy atom. The van der Waals surface area contributed by atoms with Gasteiger partial charge in [-0.3, -0.25) is 0 Å². The molecule has 0 amide bonds. The number of nitrogens with one attached hydrogen (secondary N) is 1. The lowest BCUT2D eigenvalue weighted by molar-refractivity contribution is 0.339. The normalized spacial score (nSPS) is 23.1. The fraction of sp³-hybridized carbons (Fsp3) is 0.538. The third kappa shape index (κ3) is 3.28. The van der Waals surface area contributed by atoms with Gasteiger partial charge >= 0.3 is 0 Å². The number of thioether (sulfide) groups is 1. The van der Waals surface area contributed by atoms with Gasteiger partial charge in [-0.05, 0) is 47.2 Å². The van der Waals surface area contributed by atoms with Crippen molar-refractivity contribution >= 4 is 45.0 Å². The summed E-state index contributed by atoms with van der Waals surface area (Å²) >= 11 is 11.6. The minimum atomic E-state index is 0.486. The molecule has 1 aliphatic heterocycles. The molecule has 100 valence electrons. The summed E-state index contributed by atoms with van der Waals surface area (Å²) in [6.07, 6.45) is 1.18. The van der Waals surface area contributed by atoms with E-state index in [0.29, 0.717) is 22.9 Å². The van der Waals surface area contributed by atoms with Gasteiger partial charge < -0.3 is 10.1 Å². The number of ether oxygens (including phenoxy) is 1. The van der Waals surface area contributed by atoms with Gasteiger partial charge in [0.25, 0.3) is 0 Å². The largest absolute Gasteiger partial charge is 0.491 e. The van der Waals surface area contributed by atoms with Crippen LogP contribution in [0.3, 0.4) is 0 Å². The van der Waals surface area contributed by atoms with Crippen LogP contribution in [0.5, 0.6) is 5.75 Å². The maximum atomic E-state index is 6.11. The van der Waals surface area contributed by atoms with Crippen LogP contribution in [0.4, 0.5) is 5.69 Å². The lowest BCUT2D eigenvalue weighted by Crippen LogP contribution is -2.25. The Hall–Kier alpha value is -0.0600. The highest BCUT2D eigenvalue weighted by Crippen LogP contribution is 2.39. The molecule has 0 aromatic heterocycles. The lowest BCUT2D eigenvalue weighted by Gasteiger charge is -2.21. The number of halogens is 2. The van der Waals surface area contributed by atoms with Crippen molar-refractivity contribution in [2.75, 3.05) is 17.7 Å². The molecule has 2 rings (SSSR count). The van der Waals surface area contributed by atoms with E-state index in [0.717, 1.165) is 15.9 Å². The van der Waals surface area contributed by atoms with E-state index in [-0.39, 0.29) is 0 Å². The van der Waals surface area contributed by atoms with Gasteiger partial charge in [0, 0.05) is 16.3 Å². The number of hydrogen-bond acceptors (Lipinski definition) is 3. The van der Waals surface area contributed by atoms with Gasteiger partial charge in [0.1, 0.15) is 0 Å². The Kier molecular flexibility index (Phi) is 5.10. The van der Waals surface area contributed by atoms with E-state index in [2.05, 4.69) is 28.2 Å². The van der Waals surface area contributed by atoms with Gasteiger partial charge in [0.05, 0.1) is 16.8 Å². The molecule has 1 aromatic rings. The van der Waals surface area contributed by atoms with E-state index >= 15 is 0 Å². The van der Waals surface area contributed by atoms with Crippen LogP contribution in [0.15, 0.2) is 16.6 Å². The molecule has 1 fully saturated rings. The molecule has 1 heterocycles. The Morgan fingerprint density at radius 2 is 2.33 bits per heavy atom. The van der Waals surface area contributed by atoms with Crippen molar-refractivity contribution in [1.82, 2.24) is 0 Å². The summed E-state index contributed by atoms with van der Waals surface area (Å²) in [4.78, 5) is 0. The zero-order valence-corrected chi connectivity index (χ0v) is 13.7. The van der Waals surface area contributed by atoms with E-state index in [1.54, 1.807) is 0 Å². The van der Waals surface area contributed by atoms with Crippen molar-refractivity contribution in [3.63, 3.8) is 0 Å². The first-order chi connectivity index (χ1) is 8.61. The highest BCUT2D eigenvalue weighted by molar-refractivity contribution is 9.10. The summed E-state index contributed by atoms with van der Waals surface area (Å²) in [6.45, 7) is 4.89. The SMILES string of the molecule is CCOc1c(Br)cc(Cl)cc1NC1CCSC1C. The second-order valence-electron chi connectivity index (χ2n) is 4.31. The molecule has 1 aromatic carbocycles. The summed E-state index contributed by atoms with van der Waals surface area (Å²) in [6, 6.07) is 4.29. The molecule has 0 radical (unpaired) electrons. The molecule has 1 N–H and O–H groups in total. The number of anilines is 1. The maximum Gasteiger partial charge on any atom is 0.156 e. The summed E-state index contributed by atoms with van der Waals surface area (Å²) in [5.41, 5.74) is 0.982. The van der Waals surface area contributed by atoms with E-state index in [1.165, 1.54) is 12.2 Å². The summed E-state index contributed by atoms with van der Waals surface area (Å²) in [5.74, 6) is 2.07. The Balaban J connectivity index is 2.24. The predicted octanol–water partition coefficient (Wildman–Crippen LogP) is 4.81. The minimum absolute atomic E-state index is 0.486. The highest BCUT2D eigenvalue weighted by Gasteiger charge is 2.25. The molecule has 0 bridgehead atoms. The molecule has 2 unspecified atom stereocenters. The second kappa shape index (κ2) is 6.40. The van der Waals surface area contributed by atoms with Gasteiger partial charge in [0.15, 0.2) is 5.75 Å². The Labute approximate surface area is 126 Å². The zero-order valence-electron chi connectivity index (χ0n) is 10.5. The molecule has 5 heteroatoms. The van der Waals surface area contributed by atoms with Crippen LogP contribution in [0.2, 0.25) is 5.02 Å². The molecule has 2 nitrogen and oxygen atoms in total. The van der Waals surface area contributed by atoms with Gasteiger partial charge in [-0.15, -0.1) is 0 Å². The zero-order chi connectivity index (χ0) is 13.1. The van der Waals surface area contributed by atoms with Crippen molar-refractivity contribution in [3.8, 4) is 5.75 Å². The fourth-order valence-electron chi connectivity index (χ4n) is 2.08. The average Bonchev–Trinajstić information content (AvgIpc) is 2.69. The number of hydrogen-bond donors (Lipinski definition) is 1. The molecule has 1 saturated heterocycles. The van der Waals surface area contributed by atoms with Crippen LogP contribution in [0.1, 0.15) is 20.3 Å². The molecule has 0 saturated carbocycles. The molecule has 0 spiro atoms. The van der Waals surface area contributed by atoms with Crippen LogP contribution in [-0.4, -0.2) is 23.7 Å². The minimum Gasteiger partial charge on any atom is -0.491 e. The molecule has 2 atom stereocenters. The molecular formula is C13H17BrClNOS. The van der Waals surface area contributed by atoms with Crippen molar-refractivity contribution in [3.05, 3.63) is 21.6 Å². The first-order valence-corrected chi connectivity index (χ1v) is 8.33. The first kappa shape index (κ1) is 14.4. The van der Waals surface area contributed by atoms with E-state index in [9.17, 15) is 0 Å². The number of rotatable bonds is 4. The van der Waals surface area contributed by atoms with Crippen LogP contribution in [-0.2, 0) is 0 Å². The Bertz CT molecular complexity index is 430. The van der Waals surface area contributed by atoms with Crippen molar-refractivity contribution in [2.24, 2.45) is 0 Å². The lowest BCUT2D eigenvalue weighted by atomic mass is 10.1. The smallest absolute Gasteiger partial charge is 0.156 e.